The fourth-order valence-corrected chi connectivity index (χ4v) is 1.98. The summed E-state index contributed by atoms with van der Waals surface area (Å²) in [4.78, 5) is 24.5. The first-order valence-electron chi connectivity index (χ1n) is 6.62. The van der Waals surface area contributed by atoms with Crippen molar-refractivity contribution in [2.24, 2.45) is 0 Å². The number of carboxylic acid groups (broad SMARTS) is 1. The summed E-state index contributed by atoms with van der Waals surface area (Å²) in [6, 6.07) is 8.54. The van der Waals surface area contributed by atoms with Crippen molar-refractivity contribution >= 4 is 11.9 Å². The van der Waals surface area contributed by atoms with Gasteiger partial charge in [0.05, 0.1) is 5.69 Å². The van der Waals surface area contributed by atoms with Gasteiger partial charge in [0.25, 0.3) is 5.91 Å². The zero-order valence-electron chi connectivity index (χ0n) is 11.9. The summed E-state index contributed by atoms with van der Waals surface area (Å²) < 4.78 is 1.69. The Bertz CT molecular complexity index is 618. The molecule has 0 fully saturated rings. The van der Waals surface area contributed by atoms with Gasteiger partial charge >= 0.3 is 5.97 Å². The second-order valence-corrected chi connectivity index (χ2v) is 4.92. The van der Waals surface area contributed by atoms with Crippen LogP contribution < -0.4 is 0 Å². The number of hydrogen-bond acceptors (Lipinski definition) is 3. The van der Waals surface area contributed by atoms with Crippen molar-refractivity contribution in [3.63, 3.8) is 0 Å². The number of nitrogens with zero attached hydrogens (tertiary/aromatic N) is 3. The van der Waals surface area contributed by atoms with Crippen molar-refractivity contribution in [1.29, 1.82) is 0 Å². The molecule has 110 valence electrons. The van der Waals surface area contributed by atoms with Gasteiger partial charge in [-0.15, -0.1) is 0 Å². The molecule has 1 heterocycles. The monoisotopic (exact) mass is 287 g/mol. The Morgan fingerprint density at radius 2 is 1.95 bits per heavy atom. The van der Waals surface area contributed by atoms with Gasteiger partial charge in [-0.1, -0.05) is 0 Å². The first kappa shape index (κ1) is 14.8. The maximum Gasteiger partial charge on any atom is 0.323 e. The number of amides is 1. The molecule has 1 N–H and O–H groups in total. The van der Waals surface area contributed by atoms with Crippen LogP contribution in [0, 0.1) is 0 Å². The van der Waals surface area contributed by atoms with Crippen molar-refractivity contribution in [1.82, 2.24) is 14.7 Å². The number of benzene rings is 1. The van der Waals surface area contributed by atoms with Crippen LogP contribution in [0.4, 0.5) is 0 Å². The molecule has 0 atom stereocenters. The summed E-state index contributed by atoms with van der Waals surface area (Å²) in [5.74, 6) is -1.32. The van der Waals surface area contributed by atoms with Crippen molar-refractivity contribution in [3.8, 4) is 5.69 Å². The lowest BCUT2D eigenvalue weighted by atomic mass is 10.1. The molecule has 2 rings (SSSR count). The topological polar surface area (TPSA) is 75.4 Å². The molecular weight excluding hydrogens is 270 g/mol. The summed E-state index contributed by atoms with van der Waals surface area (Å²) >= 11 is 0. The van der Waals surface area contributed by atoms with Crippen LogP contribution in [0.1, 0.15) is 24.2 Å². The van der Waals surface area contributed by atoms with E-state index < -0.39 is 5.97 Å². The number of hydrogen-bond donors (Lipinski definition) is 1. The summed E-state index contributed by atoms with van der Waals surface area (Å²) in [6.07, 6.45) is 3.48. The van der Waals surface area contributed by atoms with Gasteiger partial charge < -0.3 is 10.0 Å². The highest BCUT2D eigenvalue weighted by atomic mass is 16.4. The molecule has 2 aromatic rings. The molecule has 1 aromatic carbocycles. The molecule has 6 heteroatoms. The van der Waals surface area contributed by atoms with Crippen molar-refractivity contribution in [2.75, 3.05) is 6.54 Å². The van der Waals surface area contributed by atoms with Crippen LogP contribution in [-0.2, 0) is 4.79 Å². The van der Waals surface area contributed by atoms with Crippen molar-refractivity contribution in [2.45, 2.75) is 19.9 Å². The molecular formula is C15H17N3O3. The molecule has 6 nitrogen and oxygen atoms in total. The van der Waals surface area contributed by atoms with E-state index in [1.165, 1.54) is 4.90 Å². The van der Waals surface area contributed by atoms with Crippen LogP contribution >= 0.6 is 0 Å². The van der Waals surface area contributed by atoms with E-state index in [1.54, 1.807) is 49.0 Å². The predicted molar refractivity (Wildman–Crippen MR) is 77.4 cm³/mol. The SMILES string of the molecule is CC(C)N(CC(=O)O)C(=O)c1ccc(-n2cccn2)cc1. The van der Waals surface area contributed by atoms with Crippen molar-refractivity contribution in [3.05, 3.63) is 48.3 Å². The van der Waals surface area contributed by atoms with Crippen LogP contribution in [0.3, 0.4) is 0 Å². The van der Waals surface area contributed by atoms with E-state index in [0.29, 0.717) is 5.56 Å². The van der Waals surface area contributed by atoms with Gasteiger partial charge in [-0.2, -0.15) is 5.10 Å². The van der Waals surface area contributed by atoms with Gasteiger partial charge in [0.2, 0.25) is 0 Å². The molecule has 0 saturated heterocycles. The zero-order valence-corrected chi connectivity index (χ0v) is 11.9. The van der Waals surface area contributed by atoms with E-state index in [9.17, 15) is 9.59 Å². The van der Waals surface area contributed by atoms with E-state index in [2.05, 4.69) is 5.10 Å². The summed E-state index contributed by atoms with van der Waals surface area (Å²) in [5.41, 5.74) is 1.30. The molecule has 0 unspecified atom stereocenters. The van der Waals surface area contributed by atoms with Crippen LogP contribution in [-0.4, -0.2) is 44.3 Å². The average molecular weight is 287 g/mol. The van der Waals surface area contributed by atoms with E-state index >= 15 is 0 Å². The second kappa shape index (κ2) is 6.21. The smallest absolute Gasteiger partial charge is 0.323 e. The molecule has 0 spiro atoms. The third-order valence-corrected chi connectivity index (χ3v) is 3.07. The minimum absolute atomic E-state index is 0.181. The van der Waals surface area contributed by atoms with Gasteiger partial charge in [-0.25, -0.2) is 4.68 Å². The number of carbonyl (C=O) groups is 2. The lowest BCUT2D eigenvalue weighted by Crippen LogP contribution is -2.40. The Morgan fingerprint density at radius 3 is 2.43 bits per heavy atom. The highest BCUT2D eigenvalue weighted by Crippen LogP contribution is 2.12. The maximum absolute atomic E-state index is 12.4. The number of carbonyl (C=O) groups excluding carboxylic acids is 1. The van der Waals surface area contributed by atoms with Gasteiger partial charge in [-0.05, 0) is 44.2 Å². The van der Waals surface area contributed by atoms with E-state index in [0.717, 1.165) is 5.69 Å². The van der Waals surface area contributed by atoms with E-state index in [4.69, 9.17) is 5.11 Å². The molecule has 21 heavy (non-hydrogen) atoms. The lowest BCUT2D eigenvalue weighted by Gasteiger charge is -2.25. The summed E-state index contributed by atoms with van der Waals surface area (Å²) in [5, 5.41) is 13.0. The number of carboxylic acids is 1. The summed E-state index contributed by atoms with van der Waals surface area (Å²) in [7, 11) is 0. The Labute approximate surface area is 122 Å². The van der Waals surface area contributed by atoms with Crippen LogP contribution in [0.25, 0.3) is 5.69 Å². The van der Waals surface area contributed by atoms with Gasteiger partial charge in [0.1, 0.15) is 6.54 Å². The molecule has 0 aliphatic rings. The Kier molecular flexibility index (Phi) is 4.37. The lowest BCUT2D eigenvalue weighted by molar-refractivity contribution is -0.138. The predicted octanol–water partition coefficient (Wildman–Crippen LogP) is 1.81. The standard InChI is InChI=1S/C15H17N3O3/c1-11(2)17(10-14(19)20)15(21)12-4-6-13(7-5-12)18-9-3-8-16-18/h3-9,11H,10H2,1-2H3,(H,19,20). The van der Waals surface area contributed by atoms with Gasteiger partial charge in [0, 0.05) is 24.0 Å². The fourth-order valence-electron chi connectivity index (χ4n) is 1.98. The van der Waals surface area contributed by atoms with Gasteiger partial charge in [-0.3, -0.25) is 9.59 Å². The minimum Gasteiger partial charge on any atom is -0.480 e. The highest BCUT2D eigenvalue weighted by Gasteiger charge is 2.21. The minimum atomic E-state index is -1.02. The molecule has 0 radical (unpaired) electrons. The van der Waals surface area contributed by atoms with Crippen LogP contribution in [0.2, 0.25) is 0 Å². The number of aromatic nitrogens is 2. The Morgan fingerprint density at radius 1 is 1.29 bits per heavy atom. The third-order valence-electron chi connectivity index (χ3n) is 3.07. The third kappa shape index (κ3) is 3.47. The Balaban J connectivity index is 2.20. The normalized spacial score (nSPS) is 10.6. The quantitative estimate of drug-likeness (QED) is 0.910. The molecule has 0 bridgehead atoms. The molecule has 1 amide bonds. The van der Waals surface area contributed by atoms with Crippen molar-refractivity contribution < 1.29 is 14.7 Å². The molecule has 0 aliphatic carbocycles. The first-order chi connectivity index (χ1) is 9.99. The first-order valence-corrected chi connectivity index (χ1v) is 6.62. The fraction of sp³-hybridized carbons (Fsp3) is 0.267. The Hall–Kier alpha value is -2.63. The van der Waals surface area contributed by atoms with Gasteiger partial charge in [0.15, 0.2) is 0 Å². The average Bonchev–Trinajstić information content (AvgIpc) is 2.98. The molecule has 0 aliphatic heterocycles. The van der Waals surface area contributed by atoms with E-state index in [1.807, 2.05) is 12.3 Å². The van der Waals surface area contributed by atoms with E-state index in [-0.39, 0.29) is 18.5 Å². The highest BCUT2D eigenvalue weighted by molar-refractivity contribution is 5.96. The maximum atomic E-state index is 12.4. The summed E-state index contributed by atoms with van der Waals surface area (Å²) in [6.45, 7) is 3.27. The molecule has 1 aromatic heterocycles. The molecule has 0 saturated carbocycles. The second-order valence-electron chi connectivity index (χ2n) is 4.92. The number of rotatable bonds is 5. The largest absolute Gasteiger partial charge is 0.480 e. The number of aliphatic carboxylic acids is 1. The van der Waals surface area contributed by atoms with Crippen LogP contribution in [0.5, 0.6) is 0 Å². The van der Waals surface area contributed by atoms with Crippen LogP contribution in [0.15, 0.2) is 42.7 Å². The zero-order chi connectivity index (χ0) is 15.4.